The Labute approximate surface area is 241 Å². The summed E-state index contributed by atoms with van der Waals surface area (Å²) in [6.07, 6.45) is -1.45. The molecule has 0 saturated heterocycles. The Morgan fingerprint density at radius 2 is 1.57 bits per heavy atom. The van der Waals surface area contributed by atoms with Crippen LogP contribution in [0.4, 0.5) is 18.9 Å². The van der Waals surface area contributed by atoms with E-state index in [1.165, 1.54) is 6.20 Å². The van der Waals surface area contributed by atoms with Crippen molar-refractivity contribution in [2.24, 2.45) is 0 Å². The first kappa shape index (κ1) is 28.7. The van der Waals surface area contributed by atoms with Crippen LogP contribution in [-0.2, 0) is 9.59 Å². The van der Waals surface area contributed by atoms with Crippen LogP contribution in [0.5, 0.6) is 0 Å². The third kappa shape index (κ3) is 6.25. The lowest BCUT2D eigenvalue weighted by Gasteiger charge is -2.28. The first-order valence-electron chi connectivity index (χ1n) is 13.6. The lowest BCUT2D eigenvalue weighted by atomic mass is 9.90. The van der Waals surface area contributed by atoms with Gasteiger partial charge in [0.15, 0.2) is 0 Å². The molecule has 0 spiro atoms. The molecule has 0 bridgehead atoms. The highest BCUT2D eigenvalue weighted by Crippen LogP contribution is 2.49. The van der Waals surface area contributed by atoms with E-state index < -0.39 is 24.5 Å². The number of fused-ring (bicyclic) bond motifs is 3. The van der Waals surface area contributed by atoms with E-state index in [0.717, 1.165) is 22.3 Å². The lowest BCUT2D eigenvalue weighted by Crippen LogP contribution is -2.42. The monoisotopic (exact) mass is 571 g/mol. The van der Waals surface area contributed by atoms with Gasteiger partial charge in [-0.15, -0.1) is 0 Å². The number of unbranched alkanes of at least 4 members (excludes halogenated alkanes) is 2. The van der Waals surface area contributed by atoms with Crippen molar-refractivity contribution >= 4 is 23.8 Å². The number of nitrogens with zero attached hydrogens (tertiary/aromatic N) is 2. The minimum absolute atomic E-state index is 0.115. The zero-order valence-electron chi connectivity index (χ0n) is 22.6. The third-order valence-electron chi connectivity index (χ3n) is 7.22. The summed E-state index contributed by atoms with van der Waals surface area (Å²) in [6, 6.07) is 24.9. The third-order valence-corrected chi connectivity index (χ3v) is 7.22. The van der Waals surface area contributed by atoms with Gasteiger partial charge in [0, 0.05) is 24.1 Å². The molecule has 1 aromatic heterocycles. The van der Waals surface area contributed by atoms with E-state index in [0.29, 0.717) is 40.1 Å². The number of aldehydes is 1. The van der Waals surface area contributed by atoms with Crippen molar-refractivity contribution in [2.45, 2.75) is 31.4 Å². The summed E-state index contributed by atoms with van der Waals surface area (Å²) in [4.78, 5) is 42.7. The van der Waals surface area contributed by atoms with Crippen molar-refractivity contribution in [1.29, 1.82) is 0 Å². The number of pyridine rings is 1. The largest absolute Gasteiger partial charge is 0.406 e. The van der Waals surface area contributed by atoms with Crippen molar-refractivity contribution in [3.05, 3.63) is 108 Å². The van der Waals surface area contributed by atoms with E-state index >= 15 is 0 Å². The quantitative estimate of drug-likeness (QED) is 0.166. The Hall–Kier alpha value is -4.79. The maximum atomic E-state index is 14.0. The lowest BCUT2D eigenvalue weighted by molar-refractivity contribution is -0.161. The second-order valence-corrected chi connectivity index (χ2v) is 10.1. The molecule has 0 saturated carbocycles. The number of carbonyl (C=O) groups is 3. The molecular formula is C33H28F3N3O3. The molecule has 214 valence electrons. The predicted molar refractivity (Wildman–Crippen MR) is 154 cm³/mol. The molecule has 0 radical (unpaired) electrons. The van der Waals surface area contributed by atoms with Crippen LogP contribution >= 0.6 is 0 Å². The second-order valence-electron chi connectivity index (χ2n) is 10.1. The average molecular weight is 572 g/mol. The highest BCUT2D eigenvalue weighted by molar-refractivity contribution is 6.04. The van der Waals surface area contributed by atoms with Gasteiger partial charge in [-0.3, -0.25) is 14.6 Å². The van der Waals surface area contributed by atoms with Gasteiger partial charge in [-0.25, -0.2) is 0 Å². The minimum atomic E-state index is -4.58. The summed E-state index contributed by atoms with van der Waals surface area (Å²) in [7, 11) is 0. The van der Waals surface area contributed by atoms with Crippen molar-refractivity contribution < 1.29 is 27.6 Å². The van der Waals surface area contributed by atoms with E-state index in [4.69, 9.17) is 0 Å². The maximum Gasteiger partial charge on any atom is 0.406 e. The Bertz CT molecular complexity index is 1590. The normalized spacial score (nSPS) is 13.6. The summed E-state index contributed by atoms with van der Waals surface area (Å²) in [5, 5.41) is 2.80. The smallest absolute Gasteiger partial charge is 0.333 e. The molecule has 5 rings (SSSR count). The molecule has 0 fully saturated rings. The maximum absolute atomic E-state index is 14.0. The topological polar surface area (TPSA) is 79.4 Å². The summed E-state index contributed by atoms with van der Waals surface area (Å²) in [5.74, 6) is -1.89. The molecule has 1 N–H and O–H groups in total. The van der Waals surface area contributed by atoms with Crippen LogP contribution in [0, 0.1) is 0 Å². The van der Waals surface area contributed by atoms with Crippen molar-refractivity contribution in [3.8, 4) is 22.4 Å². The number of carbonyl (C=O) groups excluding carboxylic acids is 3. The SMILES string of the molecule is O=CCCCCN(CC(F)(F)F)C(=O)C1c2ccccc2-c2cccc(-c3ccc(NC(=O)c4ccccc4)cn3)c21. The zero-order valence-corrected chi connectivity index (χ0v) is 22.6. The summed E-state index contributed by atoms with van der Waals surface area (Å²) < 4.78 is 40.8. The predicted octanol–water partition coefficient (Wildman–Crippen LogP) is 6.87. The molecule has 9 heteroatoms. The second kappa shape index (κ2) is 12.4. The number of hydrogen-bond acceptors (Lipinski definition) is 4. The van der Waals surface area contributed by atoms with E-state index in [-0.39, 0.29) is 25.3 Å². The number of nitrogens with one attached hydrogen (secondary N) is 1. The van der Waals surface area contributed by atoms with Crippen LogP contribution in [-0.4, -0.2) is 47.3 Å². The van der Waals surface area contributed by atoms with Gasteiger partial charge < -0.3 is 15.0 Å². The molecular weight excluding hydrogens is 543 g/mol. The highest BCUT2D eigenvalue weighted by atomic mass is 19.4. The van der Waals surface area contributed by atoms with Gasteiger partial charge in [-0.05, 0) is 59.4 Å². The standard InChI is InChI=1S/C33H28F3N3O3/c34-33(35,36)21-39(18-7-2-8-19-40)32(42)30-26-13-6-5-12-24(26)25-14-9-15-27(29(25)30)28-17-16-23(20-37-28)38-31(41)22-10-3-1-4-11-22/h1,3-6,9-17,19-20,30H,2,7-8,18,21H2,(H,38,41). The van der Waals surface area contributed by atoms with E-state index in [1.54, 1.807) is 54.6 Å². The van der Waals surface area contributed by atoms with Gasteiger partial charge in [0.25, 0.3) is 5.91 Å². The molecule has 6 nitrogen and oxygen atoms in total. The minimum Gasteiger partial charge on any atom is -0.333 e. The molecule has 1 heterocycles. The Balaban J connectivity index is 1.49. The van der Waals surface area contributed by atoms with Crippen molar-refractivity contribution in [2.75, 3.05) is 18.4 Å². The fourth-order valence-electron chi connectivity index (χ4n) is 5.36. The molecule has 42 heavy (non-hydrogen) atoms. The molecule has 0 aliphatic heterocycles. The first-order valence-corrected chi connectivity index (χ1v) is 13.6. The molecule has 2 amide bonds. The average Bonchev–Trinajstić information content (AvgIpc) is 3.33. The van der Waals surface area contributed by atoms with Crippen LogP contribution in [0.25, 0.3) is 22.4 Å². The van der Waals surface area contributed by atoms with Crippen LogP contribution in [0.2, 0.25) is 0 Å². The van der Waals surface area contributed by atoms with Crippen molar-refractivity contribution in [1.82, 2.24) is 9.88 Å². The summed E-state index contributed by atoms with van der Waals surface area (Å²) in [5.41, 5.74) is 4.89. The van der Waals surface area contributed by atoms with E-state index in [9.17, 15) is 27.6 Å². The Kier molecular flexibility index (Phi) is 8.47. The fraction of sp³-hybridized carbons (Fsp3) is 0.212. The number of aromatic nitrogens is 1. The van der Waals surface area contributed by atoms with Crippen LogP contribution in [0.15, 0.2) is 91.1 Å². The Morgan fingerprint density at radius 1 is 0.857 bits per heavy atom. The van der Waals surface area contributed by atoms with Gasteiger partial charge in [0.1, 0.15) is 12.8 Å². The number of benzene rings is 3. The van der Waals surface area contributed by atoms with Gasteiger partial charge in [0.05, 0.1) is 23.5 Å². The van der Waals surface area contributed by atoms with E-state index in [2.05, 4.69) is 10.3 Å². The number of halogens is 3. The number of hydrogen-bond donors (Lipinski definition) is 1. The summed E-state index contributed by atoms with van der Waals surface area (Å²) >= 11 is 0. The molecule has 1 unspecified atom stereocenters. The fourth-order valence-corrected chi connectivity index (χ4v) is 5.36. The van der Waals surface area contributed by atoms with Crippen LogP contribution in [0.1, 0.15) is 46.7 Å². The van der Waals surface area contributed by atoms with Gasteiger partial charge in [-0.2, -0.15) is 13.2 Å². The zero-order chi connectivity index (χ0) is 29.7. The van der Waals surface area contributed by atoms with Crippen LogP contribution in [0.3, 0.4) is 0 Å². The molecule has 1 aliphatic rings. The number of rotatable bonds is 10. The van der Waals surface area contributed by atoms with Gasteiger partial charge in [-0.1, -0.05) is 60.7 Å². The van der Waals surface area contributed by atoms with Crippen LogP contribution < -0.4 is 5.32 Å². The molecule has 1 atom stereocenters. The Morgan fingerprint density at radius 3 is 2.29 bits per heavy atom. The number of anilines is 1. The van der Waals surface area contributed by atoms with Gasteiger partial charge >= 0.3 is 6.18 Å². The summed E-state index contributed by atoms with van der Waals surface area (Å²) in [6.45, 7) is -1.49. The molecule has 3 aromatic carbocycles. The number of amides is 2. The first-order chi connectivity index (χ1) is 20.3. The highest BCUT2D eigenvalue weighted by Gasteiger charge is 2.41. The van der Waals surface area contributed by atoms with Gasteiger partial charge in [0.2, 0.25) is 5.91 Å². The van der Waals surface area contributed by atoms with E-state index in [1.807, 2.05) is 30.3 Å². The number of alkyl halides is 3. The molecule has 1 aliphatic carbocycles. The molecule has 4 aromatic rings. The van der Waals surface area contributed by atoms with Crippen molar-refractivity contribution in [3.63, 3.8) is 0 Å².